The van der Waals surface area contributed by atoms with Gasteiger partial charge < -0.3 is 10.4 Å². The summed E-state index contributed by atoms with van der Waals surface area (Å²) in [4.78, 5) is 11.4. The number of carbonyl (C=O) groups is 1. The van der Waals surface area contributed by atoms with Crippen LogP contribution < -0.4 is 5.32 Å². The molecule has 0 aliphatic rings. The van der Waals surface area contributed by atoms with Crippen molar-refractivity contribution in [2.45, 2.75) is 53.6 Å². The Morgan fingerprint density at radius 2 is 1.87 bits per heavy atom. The molecule has 0 radical (unpaired) electrons. The van der Waals surface area contributed by atoms with Gasteiger partial charge in [-0.2, -0.15) is 0 Å². The highest BCUT2D eigenvalue weighted by Crippen LogP contribution is 2.25. The van der Waals surface area contributed by atoms with E-state index in [1.165, 1.54) is 0 Å². The molecule has 0 spiro atoms. The Balaban J connectivity index is 3.77. The van der Waals surface area contributed by atoms with E-state index in [1.54, 1.807) is 6.92 Å². The van der Waals surface area contributed by atoms with Crippen molar-refractivity contribution in [2.75, 3.05) is 6.54 Å². The molecule has 2 N–H and O–H groups in total. The zero-order chi connectivity index (χ0) is 12.1. The van der Waals surface area contributed by atoms with Gasteiger partial charge in [-0.3, -0.25) is 4.79 Å². The standard InChI is InChI=1S/C12H25NO2/c1-9(7-12(3,4)5)6-11(15)13-8-10(2)14/h9-10,14H,6-8H2,1-5H3,(H,13,15)/t9-,10-/m0/s1. The number of nitrogens with one attached hydrogen (secondary N) is 1. The lowest BCUT2D eigenvalue weighted by Gasteiger charge is -2.22. The number of aliphatic hydroxyl groups excluding tert-OH is 1. The van der Waals surface area contributed by atoms with Crippen LogP contribution in [0.25, 0.3) is 0 Å². The Kier molecular flexibility index (Phi) is 5.88. The van der Waals surface area contributed by atoms with Gasteiger partial charge in [0.1, 0.15) is 0 Å². The third-order valence-electron chi connectivity index (χ3n) is 2.09. The molecule has 0 saturated carbocycles. The van der Waals surface area contributed by atoms with Gasteiger partial charge >= 0.3 is 0 Å². The van der Waals surface area contributed by atoms with Gasteiger partial charge in [0.05, 0.1) is 6.10 Å². The minimum absolute atomic E-state index is 0.0349. The third kappa shape index (κ3) is 9.73. The van der Waals surface area contributed by atoms with Gasteiger partial charge in [-0.05, 0) is 24.7 Å². The van der Waals surface area contributed by atoms with Gasteiger partial charge in [0.2, 0.25) is 5.91 Å². The Hall–Kier alpha value is -0.570. The summed E-state index contributed by atoms with van der Waals surface area (Å²) in [6.45, 7) is 10.6. The lowest BCUT2D eigenvalue weighted by molar-refractivity contribution is -0.122. The summed E-state index contributed by atoms with van der Waals surface area (Å²) in [6.07, 6.45) is 1.12. The number of hydrogen-bond acceptors (Lipinski definition) is 2. The molecule has 0 aromatic carbocycles. The zero-order valence-corrected chi connectivity index (χ0v) is 10.6. The average Bonchev–Trinajstić information content (AvgIpc) is 1.96. The van der Waals surface area contributed by atoms with Gasteiger partial charge in [0.25, 0.3) is 0 Å². The van der Waals surface area contributed by atoms with Crippen molar-refractivity contribution < 1.29 is 9.90 Å². The summed E-state index contributed by atoms with van der Waals surface area (Å²) in [5, 5.41) is 11.7. The maximum Gasteiger partial charge on any atom is 0.220 e. The van der Waals surface area contributed by atoms with Crippen LogP contribution in [0.1, 0.15) is 47.5 Å². The fraction of sp³-hybridized carbons (Fsp3) is 0.917. The van der Waals surface area contributed by atoms with E-state index in [9.17, 15) is 4.79 Å². The fourth-order valence-corrected chi connectivity index (χ4v) is 1.77. The molecule has 0 fully saturated rings. The monoisotopic (exact) mass is 215 g/mol. The van der Waals surface area contributed by atoms with Crippen LogP contribution in [0.5, 0.6) is 0 Å². The third-order valence-corrected chi connectivity index (χ3v) is 2.09. The van der Waals surface area contributed by atoms with Gasteiger partial charge in [0.15, 0.2) is 0 Å². The normalized spacial score (nSPS) is 15.9. The van der Waals surface area contributed by atoms with Gasteiger partial charge in [0, 0.05) is 13.0 Å². The molecule has 1 amide bonds. The summed E-state index contributed by atoms with van der Waals surface area (Å²) in [5.74, 6) is 0.423. The second kappa shape index (κ2) is 6.11. The first-order chi connectivity index (χ1) is 6.70. The van der Waals surface area contributed by atoms with Crippen molar-refractivity contribution in [3.8, 4) is 0 Å². The van der Waals surface area contributed by atoms with Crippen molar-refractivity contribution in [3.05, 3.63) is 0 Å². The van der Waals surface area contributed by atoms with Crippen LogP contribution in [-0.4, -0.2) is 23.7 Å². The van der Waals surface area contributed by atoms with E-state index in [0.717, 1.165) is 6.42 Å². The second-order valence-corrected chi connectivity index (χ2v) is 5.73. The number of amides is 1. The smallest absolute Gasteiger partial charge is 0.220 e. The quantitative estimate of drug-likeness (QED) is 0.736. The predicted octanol–water partition coefficient (Wildman–Crippen LogP) is 1.95. The summed E-state index contributed by atoms with van der Waals surface area (Å²) < 4.78 is 0. The van der Waals surface area contributed by atoms with Crippen molar-refractivity contribution in [3.63, 3.8) is 0 Å². The van der Waals surface area contributed by atoms with Gasteiger partial charge in [-0.1, -0.05) is 27.7 Å². The fourth-order valence-electron chi connectivity index (χ4n) is 1.77. The SMILES string of the molecule is C[C@@H](CC(=O)NC[C@H](C)O)CC(C)(C)C. The minimum Gasteiger partial charge on any atom is -0.392 e. The Bertz CT molecular complexity index is 194. The van der Waals surface area contributed by atoms with E-state index in [2.05, 4.69) is 33.0 Å². The van der Waals surface area contributed by atoms with Crippen LogP contribution in [0.2, 0.25) is 0 Å². The number of carbonyl (C=O) groups excluding carboxylic acids is 1. The van der Waals surface area contributed by atoms with E-state index in [1.807, 2.05) is 0 Å². The molecule has 0 saturated heterocycles. The number of hydrogen-bond donors (Lipinski definition) is 2. The van der Waals surface area contributed by atoms with Crippen molar-refractivity contribution in [1.82, 2.24) is 5.32 Å². The van der Waals surface area contributed by atoms with E-state index in [0.29, 0.717) is 18.9 Å². The molecule has 0 aromatic rings. The molecule has 0 bridgehead atoms. The Morgan fingerprint density at radius 3 is 2.27 bits per heavy atom. The molecule has 2 atom stereocenters. The van der Waals surface area contributed by atoms with Crippen LogP contribution in [-0.2, 0) is 4.79 Å². The highest BCUT2D eigenvalue weighted by atomic mass is 16.3. The number of rotatable bonds is 5. The molecular weight excluding hydrogens is 190 g/mol. The highest BCUT2D eigenvalue weighted by Gasteiger charge is 2.17. The first kappa shape index (κ1) is 14.4. The lowest BCUT2D eigenvalue weighted by atomic mass is 9.84. The van der Waals surface area contributed by atoms with Crippen LogP contribution in [0.3, 0.4) is 0 Å². The second-order valence-electron chi connectivity index (χ2n) is 5.73. The van der Waals surface area contributed by atoms with E-state index >= 15 is 0 Å². The molecular formula is C12H25NO2. The first-order valence-electron chi connectivity index (χ1n) is 5.65. The summed E-state index contributed by atoms with van der Waals surface area (Å²) in [5.41, 5.74) is 0.268. The Labute approximate surface area is 93.3 Å². The molecule has 0 heterocycles. The Morgan fingerprint density at radius 1 is 1.33 bits per heavy atom. The van der Waals surface area contributed by atoms with Gasteiger partial charge in [-0.25, -0.2) is 0 Å². The van der Waals surface area contributed by atoms with Crippen molar-refractivity contribution in [2.24, 2.45) is 11.3 Å². The molecule has 0 aromatic heterocycles. The van der Waals surface area contributed by atoms with E-state index < -0.39 is 6.10 Å². The van der Waals surface area contributed by atoms with Gasteiger partial charge in [-0.15, -0.1) is 0 Å². The summed E-state index contributed by atoms with van der Waals surface area (Å²) in [6, 6.07) is 0. The van der Waals surface area contributed by atoms with Crippen molar-refractivity contribution in [1.29, 1.82) is 0 Å². The van der Waals surface area contributed by atoms with Crippen LogP contribution in [0.4, 0.5) is 0 Å². The largest absolute Gasteiger partial charge is 0.392 e. The van der Waals surface area contributed by atoms with E-state index in [-0.39, 0.29) is 11.3 Å². The van der Waals surface area contributed by atoms with Crippen LogP contribution >= 0.6 is 0 Å². The molecule has 0 aliphatic carbocycles. The molecule has 0 aliphatic heterocycles. The minimum atomic E-state index is -0.466. The predicted molar refractivity (Wildman–Crippen MR) is 62.5 cm³/mol. The maximum absolute atomic E-state index is 11.4. The highest BCUT2D eigenvalue weighted by molar-refractivity contribution is 5.76. The molecule has 3 heteroatoms. The molecule has 0 rings (SSSR count). The molecule has 90 valence electrons. The van der Waals surface area contributed by atoms with E-state index in [4.69, 9.17) is 5.11 Å². The number of aliphatic hydroxyl groups is 1. The van der Waals surface area contributed by atoms with Crippen LogP contribution in [0.15, 0.2) is 0 Å². The summed E-state index contributed by atoms with van der Waals surface area (Å²) >= 11 is 0. The van der Waals surface area contributed by atoms with Crippen molar-refractivity contribution >= 4 is 5.91 Å². The summed E-state index contributed by atoms with van der Waals surface area (Å²) in [7, 11) is 0. The molecule has 15 heavy (non-hydrogen) atoms. The topological polar surface area (TPSA) is 49.3 Å². The molecule has 3 nitrogen and oxygen atoms in total. The zero-order valence-electron chi connectivity index (χ0n) is 10.6. The maximum atomic E-state index is 11.4. The van der Waals surface area contributed by atoms with Crippen LogP contribution in [0, 0.1) is 11.3 Å². The average molecular weight is 215 g/mol. The first-order valence-corrected chi connectivity index (χ1v) is 5.65. The molecule has 0 unspecified atom stereocenters. The lowest BCUT2D eigenvalue weighted by Crippen LogP contribution is -2.31.